The van der Waals surface area contributed by atoms with Crippen LogP contribution in [-0.2, 0) is 4.79 Å². The van der Waals surface area contributed by atoms with Crippen LogP contribution in [0.2, 0.25) is 0 Å². The first kappa shape index (κ1) is 14.0. The SMILES string of the molecule is C#CCN(CCCCC)CC(C)C(=O)O. The molecule has 0 aromatic rings. The number of nitrogens with zero attached hydrogens (tertiary/aromatic N) is 1. The lowest BCUT2D eigenvalue weighted by Crippen LogP contribution is -2.33. The van der Waals surface area contributed by atoms with Crippen molar-refractivity contribution in [2.45, 2.75) is 33.1 Å². The van der Waals surface area contributed by atoms with E-state index >= 15 is 0 Å². The van der Waals surface area contributed by atoms with Crippen molar-refractivity contribution in [3.05, 3.63) is 0 Å². The van der Waals surface area contributed by atoms with Gasteiger partial charge >= 0.3 is 5.97 Å². The van der Waals surface area contributed by atoms with Crippen LogP contribution in [0.5, 0.6) is 0 Å². The number of carboxylic acid groups (broad SMARTS) is 1. The summed E-state index contributed by atoms with van der Waals surface area (Å²) in [6.07, 6.45) is 8.67. The topological polar surface area (TPSA) is 40.5 Å². The predicted octanol–water partition coefficient (Wildman–Crippen LogP) is 1.83. The van der Waals surface area contributed by atoms with Crippen LogP contribution in [-0.4, -0.2) is 35.6 Å². The van der Waals surface area contributed by atoms with Crippen LogP contribution in [0.25, 0.3) is 0 Å². The number of terminal acetylenes is 1. The van der Waals surface area contributed by atoms with Gasteiger partial charge < -0.3 is 5.11 Å². The third-order valence-corrected chi connectivity index (χ3v) is 2.35. The van der Waals surface area contributed by atoms with Crippen LogP contribution in [0.3, 0.4) is 0 Å². The number of hydrogen-bond donors (Lipinski definition) is 1. The lowest BCUT2D eigenvalue weighted by molar-refractivity contribution is -0.141. The molecule has 0 aromatic carbocycles. The Labute approximate surface area is 92.5 Å². The van der Waals surface area contributed by atoms with Crippen LogP contribution in [0.4, 0.5) is 0 Å². The maximum absolute atomic E-state index is 10.7. The van der Waals surface area contributed by atoms with Crippen molar-refractivity contribution in [2.75, 3.05) is 19.6 Å². The second kappa shape index (κ2) is 8.31. The normalized spacial score (nSPS) is 12.4. The van der Waals surface area contributed by atoms with Crippen molar-refractivity contribution in [1.82, 2.24) is 4.90 Å². The molecule has 1 unspecified atom stereocenters. The zero-order valence-electron chi connectivity index (χ0n) is 9.70. The quantitative estimate of drug-likeness (QED) is 0.492. The van der Waals surface area contributed by atoms with E-state index in [-0.39, 0.29) is 5.92 Å². The van der Waals surface area contributed by atoms with Gasteiger partial charge in [0.25, 0.3) is 0 Å². The lowest BCUT2D eigenvalue weighted by Gasteiger charge is -2.21. The largest absolute Gasteiger partial charge is 0.481 e. The predicted molar refractivity (Wildman–Crippen MR) is 61.6 cm³/mol. The zero-order valence-corrected chi connectivity index (χ0v) is 9.70. The van der Waals surface area contributed by atoms with Gasteiger partial charge in [0.1, 0.15) is 0 Å². The van der Waals surface area contributed by atoms with Gasteiger partial charge in [-0.1, -0.05) is 32.6 Å². The molecule has 0 fully saturated rings. The Bertz CT molecular complexity index is 220. The Morgan fingerprint density at radius 1 is 1.53 bits per heavy atom. The van der Waals surface area contributed by atoms with Crippen LogP contribution in [0, 0.1) is 18.3 Å². The minimum Gasteiger partial charge on any atom is -0.481 e. The van der Waals surface area contributed by atoms with Gasteiger partial charge in [0.05, 0.1) is 12.5 Å². The van der Waals surface area contributed by atoms with E-state index in [1.807, 2.05) is 4.90 Å². The van der Waals surface area contributed by atoms with E-state index in [2.05, 4.69) is 12.8 Å². The molecule has 1 N–H and O–H groups in total. The van der Waals surface area contributed by atoms with Gasteiger partial charge in [-0.15, -0.1) is 6.42 Å². The Hall–Kier alpha value is -1.01. The van der Waals surface area contributed by atoms with Gasteiger partial charge in [-0.25, -0.2) is 0 Å². The van der Waals surface area contributed by atoms with Crippen molar-refractivity contribution in [3.63, 3.8) is 0 Å². The highest BCUT2D eigenvalue weighted by Crippen LogP contribution is 2.03. The van der Waals surface area contributed by atoms with E-state index < -0.39 is 5.97 Å². The molecule has 3 heteroatoms. The number of aliphatic carboxylic acids is 1. The first-order valence-corrected chi connectivity index (χ1v) is 5.50. The maximum Gasteiger partial charge on any atom is 0.307 e. The Balaban J connectivity index is 3.93. The smallest absolute Gasteiger partial charge is 0.307 e. The molecular weight excluding hydrogens is 190 g/mol. The zero-order chi connectivity index (χ0) is 11.7. The summed E-state index contributed by atoms with van der Waals surface area (Å²) in [6.45, 7) is 5.84. The third-order valence-electron chi connectivity index (χ3n) is 2.35. The van der Waals surface area contributed by atoms with Crippen LogP contribution < -0.4 is 0 Å². The average molecular weight is 211 g/mol. The summed E-state index contributed by atoms with van der Waals surface area (Å²) in [5.74, 6) is 1.47. The second-order valence-corrected chi connectivity index (χ2v) is 3.89. The molecule has 0 amide bonds. The van der Waals surface area contributed by atoms with Gasteiger partial charge in [0, 0.05) is 6.54 Å². The minimum atomic E-state index is -0.757. The fraction of sp³-hybridized carbons (Fsp3) is 0.750. The summed E-state index contributed by atoms with van der Waals surface area (Å²) < 4.78 is 0. The summed E-state index contributed by atoms with van der Waals surface area (Å²) in [6, 6.07) is 0. The van der Waals surface area contributed by atoms with E-state index in [0.717, 1.165) is 13.0 Å². The number of hydrogen-bond acceptors (Lipinski definition) is 2. The van der Waals surface area contributed by atoms with Crippen LogP contribution >= 0.6 is 0 Å². The highest BCUT2D eigenvalue weighted by molar-refractivity contribution is 5.69. The van der Waals surface area contributed by atoms with Crippen molar-refractivity contribution < 1.29 is 9.90 Å². The van der Waals surface area contributed by atoms with E-state index in [1.165, 1.54) is 12.8 Å². The standard InChI is InChI=1S/C12H21NO2/c1-4-6-7-9-13(8-5-2)10-11(3)12(14)15/h2,11H,4,6-10H2,1,3H3,(H,14,15). The molecule has 1 atom stereocenters. The molecular formula is C12H21NO2. The minimum absolute atomic E-state index is 0.347. The van der Waals surface area contributed by atoms with Gasteiger partial charge in [0.15, 0.2) is 0 Å². The third kappa shape index (κ3) is 6.98. The molecule has 3 nitrogen and oxygen atoms in total. The monoisotopic (exact) mass is 211 g/mol. The van der Waals surface area contributed by atoms with E-state index in [4.69, 9.17) is 11.5 Å². The Morgan fingerprint density at radius 3 is 2.67 bits per heavy atom. The lowest BCUT2D eigenvalue weighted by atomic mass is 10.1. The second-order valence-electron chi connectivity index (χ2n) is 3.89. The molecule has 0 aliphatic rings. The molecule has 0 radical (unpaired) electrons. The molecule has 0 spiro atoms. The molecule has 0 bridgehead atoms. The maximum atomic E-state index is 10.7. The number of carboxylic acids is 1. The summed E-state index contributed by atoms with van der Waals surface area (Å²) in [5, 5.41) is 8.79. The summed E-state index contributed by atoms with van der Waals surface area (Å²) in [7, 11) is 0. The fourth-order valence-corrected chi connectivity index (χ4v) is 1.41. The van der Waals surface area contributed by atoms with Crippen LogP contribution in [0.1, 0.15) is 33.1 Å². The molecule has 0 rings (SSSR count). The van der Waals surface area contributed by atoms with E-state index in [0.29, 0.717) is 13.1 Å². The summed E-state index contributed by atoms with van der Waals surface area (Å²) in [4.78, 5) is 12.7. The molecule has 0 saturated carbocycles. The van der Waals surface area contributed by atoms with Crippen LogP contribution in [0.15, 0.2) is 0 Å². The van der Waals surface area contributed by atoms with Crippen molar-refractivity contribution in [2.24, 2.45) is 5.92 Å². The van der Waals surface area contributed by atoms with Crippen molar-refractivity contribution in [1.29, 1.82) is 0 Å². The first-order valence-electron chi connectivity index (χ1n) is 5.50. The molecule has 0 aromatic heterocycles. The van der Waals surface area contributed by atoms with E-state index in [9.17, 15) is 4.79 Å². The fourth-order valence-electron chi connectivity index (χ4n) is 1.41. The van der Waals surface area contributed by atoms with Crippen molar-refractivity contribution >= 4 is 5.97 Å². The van der Waals surface area contributed by atoms with Gasteiger partial charge in [0.2, 0.25) is 0 Å². The average Bonchev–Trinajstić information content (AvgIpc) is 2.18. The summed E-state index contributed by atoms with van der Waals surface area (Å²) >= 11 is 0. The highest BCUT2D eigenvalue weighted by atomic mass is 16.4. The Morgan fingerprint density at radius 2 is 2.20 bits per heavy atom. The number of rotatable bonds is 8. The Kier molecular flexibility index (Phi) is 7.75. The molecule has 15 heavy (non-hydrogen) atoms. The molecule has 0 aliphatic carbocycles. The van der Waals surface area contributed by atoms with Gasteiger partial charge in [-0.3, -0.25) is 9.69 Å². The summed E-state index contributed by atoms with van der Waals surface area (Å²) in [5.41, 5.74) is 0. The van der Waals surface area contributed by atoms with E-state index in [1.54, 1.807) is 6.92 Å². The molecule has 86 valence electrons. The van der Waals surface area contributed by atoms with Gasteiger partial charge in [-0.2, -0.15) is 0 Å². The number of carbonyl (C=O) groups is 1. The van der Waals surface area contributed by atoms with Gasteiger partial charge in [-0.05, 0) is 13.0 Å². The first-order chi connectivity index (χ1) is 7.11. The van der Waals surface area contributed by atoms with Crippen molar-refractivity contribution in [3.8, 4) is 12.3 Å². The molecule has 0 heterocycles. The highest BCUT2D eigenvalue weighted by Gasteiger charge is 2.14. The molecule has 0 saturated heterocycles. The molecule has 0 aliphatic heterocycles. The number of unbranched alkanes of at least 4 members (excludes halogenated alkanes) is 2.